The molecule has 1 saturated heterocycles. The summed E-state index contributed by atoms with van der Waals surface area (Å²) in [4.78, 5) is 28.5. The van der Waals surface area contributed by atoms with E-state index < -0.39 is 0 Å². The molecule has 1 unspecified atom stereocenters. The highest BCUT2D eigenvalue weighted by Crippen LogP contribution is 2.43. The van der Waals surface area contributed by atoms with Crippen molar-refractivity contribution in [3.8, 4) is 11.5 Å². The van der Waals surface area contributed by atoms with Gasteiger partial charge in [-0.1, -0.05) is 13.8 Å². The molecule has 1 aliphatic rings. The molecular formula is C20H30N2O4S. The number of likely N-dealkylation sites (N-methyl/N-ethyl adjacent to an activating group) is 1. The fourth-order valence-corrected chi connectivity index (χ4v) is 4.38. The minimum absolute atomic E-state index is 0.0854. The van der Waals surface area contributed by atoms with E-state index in [1.54, 1.807) is 26.0 Å². The Labute approximate surface area is 166 Å². The number of thioether (sulfide) groups is 1. The predicted molar refractivity (Wildman–Crippen MR) is 108 cm³/mol. The van der Waals surface area contributed by atoms with Gasteiger partial charge in [-0.3, -0.25) is 9.59 Å². The van der Waals surface area contributed by atoms with Crippen LogP contribution in [0.5, 0.6) is 11.5 Å². The van der Waals surface area contributed by atoms with Gasteiger partial charge in [-0.2, -0.15) is 0 Å². The Balaban J connectivity index is 2.15. The average molecular weight is 395 g/mol. The summed E-state index contributed by atoms with van der Waals surface area (Å²) >= 11 is 1.58. The van der Waals surface area contributed by atoms with Gasteiger partial charge in [-0.15, -0.1) is 11.8 Å². The molecule has 0 saturated carbocycles. The third kappa shape index (κ3) is 5.31. The lowest BCUT2D eigenvalue weighted by atomic mass is 10.1. The number of rotatable bonds is 9. The molecule has 1 atom stereocenters. The largest absolute Gasteiger partial charge is 0.497 e. The Bertz CT molecular complexity index is 665. The SMILES string of the molecule is CCN(CCN1C(=O)CSC1c1cc(OC)ccc1OC)C(=O)CC(C)C. The van der Waals surface area contributed by atoms with Crippen LogP contribution in [-0.2, 0) is 9.59 Å². The number of benzene rings is 1. The van der Waals surface area contributed by atoms with Gasteiger partial charge in [0.05, 0.1) is 20.0 Å². The van der Waals surface area contributed by atoms with Crippen molar-refractivity contribution in [1.82, 2.24) is 9.80 Å². The molecule has 0 N–H and O–H groups in total. The zero-order valence-corrected chi connectivity index (χ0v) is 17.7. The zero-order valence-electron chi connectivity index (χ0n) is 16.9. The summed E-state index contributed by atoms with van der Waals surface area (Å²) in [6.45, 7) is 7.75. The molecule has 6 nitrogen and oxygen atoms in total. The summed E-state index contributed by atoms with van der Waals surface area (Å²) in [5.74, 6) is 2.44. The highest BCUT2D eigenvalue weighted by atomic mass is 32.2. The first-order valence-electron chi connectivity index (χ1n) is 9.32. The van der Waals surface area contributed by atoms with Crippen molar-refractivity contribution in [3.63, 3.8) is 0 Å². The number of hydrogen-bond acceptors (Lipinski definition) is 5. The lowest BCUT2D eigenvalue weighted by molar-refractivity contribution is -0.134. The molecule has 2 rings (SSSR count). The summed E-state index contributed by atoms with van der Waals surface area (Å²) in [5.41, 5.74) is 0.921. The normalized spacial score (nSPS) is 16.7. The quantitative estimate of drug-likeness (QED) is 0.644. The summed E-state index contributed by atoms with van der Waals surface area (Å²) in [6, 6.07) is 5.63. The van der Waals surface area contributed by atoms with Crippen molar-refractivity contribution >= 4 is 23.6 Å². The molecule has 2 amide bonds. The van der Waals surface area contributed by atoms with Crippen LogP contribution in [0.1, 0.15) is 38.1 Å². The third-order valence-corrected chi connectivity index (χ3v) is 5.84. The van der Waals surface area contributed by atoms with Gasteiger partial charge < -0.3 is 19.3 Å². The molecule has 27 heavy (non-hydrogen) atoms. The van der Waals surface area contributed by atoms with Crippen molar-refractivity contribution in [2.24, 2.45) is 5.92 Å². The summed E-state index contributed by atoms with van der Waals surface area (Å²) in [5, 5.41) is -0.138. The van der Waals surface area contributed by atoms with E-state index >= 15 is 0 Å². The smallest absolute Gasteiger partial charge is 0.233 e. The minimum atomic E-state index is -0.138. The van der Waals surface area contributed by atoms with E-state index in [0.717, 1.165) is 17.1 Å². The lowest BCUT2D eigenvalue weighted by Crippen LogP contribution is -2.40. The topological polar surface area (TPSA) is 59.1 Å². The maximum Gasteiger partial charge on any atom is 0.233 e. The van der Waals surface area contributed by atoms with Crippen LogP contribution in [0.3, 0.4) is 0 Å². The summed E-state index contributed by atoms with van der Waals surface area (Å²) < 4.78 is 10.8. The van der Waals surface area contributed by atoms with Crippen LogP contribution in [0.2, 0.25) is 0 Å². The van der Waals surface area contributed by atoms with Gasteiger partial charge in [0.2, 0.25) is 11.8 Å². The molecule has 7 heteroatoms. The number of ether oxygens (including phenoxy) is 2. The molecule has 0 aromatic heterocycles. The lowest BCUT2D eigenvalue weighted by Gasteiger charge is -2.29. The first-order chi connectivity index (χ1) is 12.9. The molecule has 0 radical (unpaired) electrons. The Morgan fingerprint density at radius 1 is 1.33 bits per heavy atom. The van der Waals surface area contributed by atoms with Crippen molar-refractivity contribution in [3.05, 3.63) is 23.8 Å². The second kappa shape index (κ2) is 9.88. The van der Waals surface area contributed by atoms with E-state index in [2.05, 4.69) is 0 Å². The van der Waals surface area contributed by atoms with Crippen LogP contribution in [0.4, 0.5) is 0 Å². The van der Waals surface area contributed by atoms with E-state index in [4.69, 9.17) is 9.47 Å². The van der Waals surface area contributed by atoms with E-state index in [-0.39, 0.29) is 17.2 Å². The molecule has 150 valence electrons. The van der Waals surface area contributed by atoms with Gasteiger partial charge in [0.1, 0.15) is 16.9 Å². The van der Waals surface area contributed by atoms with Gasteiger partial charge in [0.15, 0.2) is 0 Å². The second-order valence-electron chi connectivity index (χ2n) is 6.93. The van der Waals surface area contributed by atoms with Gasteiger partial charge >= 0.3 is 0 Å². The van der Waals surface area contributed by atoms with Crippen LogP contribution in [-0.4, -0.2) is 61.2 Å². The van der Waals surface area contributed by atoms with Crippen molar-refractivity contribution < 1.29 is 19.1 Å². The Morgan fingerprint density at radius 3 is 2.67 bits per heavy atom. The van der Waals surface area contributed by atoms with Crippen molar-refractivity contribution in [2.45, 2.75) is 32.6 Å². The van der Waals surface area contributed by atoms with Crippen LogP contribution in [0, 0.1) is 5.92 Å². The minimum Gasteiger partial charge on any atom is -0.497 e. The summed E-state index contributed by atoms with van der Waals surface area (Å²) in [7, 11) is 3.25. The molecule has 1 aromatic rings. The average Bonchev–Trinajstić information content (AvgIpc) is 3.01. The molecule has 1 heterocycles. The van der Waals surface area contributed by atoms with Gasteiger partial charge in [-0.25, -0.2) is 0 Å². The van der Waals surface area contributed by atoms with Crippen LogP contribution < -0.4 is 9.47 Å². The van der Waals surface area contributed by atoms with Crippen molar-refractivity contribution in [1.29, 1.82) is 0 Å². The maximum absolute atomic E-state index is 12.5. The van der Waals surface area contributed by atoms with Crippen molar-refractivity contribution in [2.75, 3.05) is 39.6 Å². The number of methoxy groups -OCH3 is 2. The maximum atomic E-state index is 12.5. The van der Waals surface area contributed by atoms with E-state index in [0.29, 0.717) is 37.7 Å². The van der Waals surface area contributed by atoms with E-state index in [1.165, 1.54) is 0 Å². The molecule has 1 fully saturated rings. The highest BCUT2D eigenvalue weighted by molar-refractivity contribution is 8.00. The van der Waals surface area contributed by atoms with Gasteiger partial charge in [-0.05, 0) is 31.0 Å². The fourth-order valence-electron chi connectivity index (χ4n) is 3.15. The van der Waals surface area contributed by atoms with E-state index in [1.807, 2.05) is 48.8 Å². The molecular weight excluding hydrogens is 364 g/mol. The monoisotopic (exact) mass is 394 g/mol. The first kappa shape index (κ1) is 21.4. The summed E-state index contributed by atoms with van der Waals surface area (Å²) in [6.07, 6.45) is 0.531. The Morgan fingerprint density at radius 2 is 2.07 bits per heavy atom. The number of carbonyl (C=O) groups is 2. The number of amides is 2. The second-order valence-corrected chi connectivity index (χ2v) is 8.00. The van der Waals surface area contributed by atoms with Crippen LogP contribution in [0.15, 0.2) is 18.2 Å². The molecule has 0 aliphatic carbocycles. The Hall–Kier alpha value is -1.89. The highest BCUT2D eigenvalue weighted by Gasteiger charge is 2.35. The van der Waals surface area contributed by atoms with Gasteiger partial charge in [0, 0.05) is 31.6 Å². The molecule has 0 spiro atoms. The van der Waals surface area contributed by atoms with Crippen LogP contribution in [0.25, 0.3) is 0 Å². The Kier molecular flexibility index (Phi) is 7.83. The number of carbonyl (C=O) groups excluding carboxylic acids is 2. The van der Waals surface area contributed by atoms with Gasteiger partial charge in [0.25, 0.3) is 0 Å². The first-order valence-corrected chi connectivity index (χ1v) is 10.4. The van der Waals surface area contributed by atoms with E-state index in [9.17, 15) is 9.59 Å². The number of nitrogens with zero attached hydrogens (tertiary/aromatic N) is 2. The zero-order chi connectivity index (χ0) is 20.0. The fraction of sp³-hybridized carbons (Fsp3) is 0.600. The molecule has 1 aromatic carbocycles. The van der Waals surface area contributed by atoms with Crippen LogP contribution >= 0.6 is 11.8 Å². The molecule has 0 bridgehead atoms. The standard InChI is InChI=1S/C20H30N2O4S/c1-6-21(18(23)11-14(2)3)9-10-22-19(24)13-27-20(22)16-12-15(25-4)7-8-17(16)26-5/h7-8,12,14,20H,6,9-11,13H2,1-5H3. The number of hydrogen-bond donors (Lipinski definition) is 0. The third-order valence-electron chi connectivity index (χ3n) is 4.60. The predicted octanol–water partition coefficient (Wildman–Crippen LogP) is 3.17. The molecule has 1 aliphatic heterocycles.